The van der Waals surface area contributed by atoms with E-state index in [0.29, 0.717) is 0 Å². The molecule has 4 rings (SSSR count). The fourth-order valence-corrected chi connectivity index (χ4v) is 4.12. The van der Waals surface area contributed by atoms with Crippen LogP contribution < -0.4 is 0 Å². The zero-order valence-electron chi connectivity index (χ0n) is 14.7. The highest BCUT2D eigenvalue weighted by atomic mass is 16.7. The summed E-state index contributed by atoms with van der Waals surface area (Å²) in [6.45, 7) is 9.08. The molecule has 0 N–H and O–H groups in total. The van der Waals surface area contributed by atoms with Crippen molar-refractivity contribution in [2.24, 2.45) is 5.92 Å². The first-order valence-corrected chi connectivity index (χ1v) is 9.40. The second-order valence-corrected chi connectivity index (χ2v) is 6.82. The molecule has 1 aromatic carbocycles. The van der Waals surface area contributed by atoms with Crippen molar-refractivity contribution in [1.29, 1.82) is 0 Å². The first kappa shape index (κ1) is 16.9. The van der Waals surface area contributed by atoms with E-state index >= 15 is 0 Å². The van der Waals surface area contributed by atoms with Crippen LogP contribution in [0.25, 0.3) is 0 Å². The van der Waals surface area contributed by atoms with Crippen LogP contribution >= 0.6 is 0 Å². The van der Waals surface area contributed by atoms with Gasteiger partial charge in [0.25, 0.3) is 0 Å². The third kappa shape index (κ3) is 3.96. The lowest BCUT2D eigenvalue weighted by atomic mass is 9.83. The van der Waals surface area contributed by atoms with Crippen molar-refractivity contribution in [3.8, 4) is 0 Å². The predicted octanol–water partition coefficient (Wildman–Crippen LogP) is 4.35. The number of hydrogen-bond donors (Lipinski definition) is 0. The zero-order valence-corrected chi connectivity index (χ0v) is 14.7. The van der Waals surface area contributed by atoms with Crippen LogP contribution in [0.1, 0.15) is 57.1 Å². The third-order valence-corrected chi connectivity index (χ3v) is 5.44. The topological polar surface area (TPSA) is 21.7 Å². The van der Waals surface area contributed by atoms with Crippen LogP contribution in [0, 0.1) is 5.92 Å². The summed E-state index contributed by atoms with van der Waals surface area (Å²) < 4.78 is 11.6. The van der Waals surface area contributed by atoms with Gasteiger partial charge in [-0.15, -0.1) is 0 Å². The predicted molar refractivity (Wildman–Crippen MR) is 93.1 cm³/mol. The molecule has 3 nitrogen and oxygen atoms in total. The molecule has 1 saturated carbocycles. The van der Waals surface area contributed by atoms with E-state index in [9.17, 15) is 0 Å². The van der Waals surface area contributed by atoms with Crippen LogP contribution in [0.4, 0.5) is 0 Å². The molecular weight excluding hydrogens is 286 g/mol. The summed E-state index contributed by atoms with van der Waals surface area (Å²) in [4.78, 5) is 2.59. The van der Waals surface area contributed by atoms with Gasteiger partial charge in [-0.3, -0.25) is 4.90 Å². The Morgan fingerprint density at radius 3 is 2.13 bits per heavy atom. The molecule has 0 amide bonds. The summed E-state index contributed by atoms with van der Waals surface area (Å²) in [6.07, 6.45) is 6.04. The Bertz CT molecular complexity index is 461. The lowest BCUT2D eigenvalue weighted by Crippen LogP contribution is -2.35. The average molecular weight is 317 g/mol. The summed E-state index contributed by atoms with van der Waals surface area (Å²) >= 11 is 0. The highest BCUT2D eigenvalue weighted by Gasteiger charge is 2.40. The molecule has 1 spiro atoms. The van der Waals surface area contributed by atoms with Crippen molar-refractivity contribution in [3.05, 3.63) is 35.4 Å². The van der Waals surface area contributed by atoms with Crippen LogP contribution in [-0.2, 0) is 22.6 Å². The Labute approximate surface area is 141 Å². The first-order chi connectivity index (χ1) is 11.3. The van der Waals surface area contributed by atoms with Crippen LogP contribution in [0.2, 0.25) is 0 Å². The van der Waals surface area contributed by atoms with Gasteiger partial charge in [-0.2, -0.15) is 0 Å². The Morgan fingerprint density at radius 2 is 1.57 bits per heavy atom. The maximum absolute atomic E-state index is 5.82. The lowest BCUT2D eigenvalue weighted by molar-refractivity contribution is -0.182. The number of ether oxygens (including phenoxy) is 2. The molecule has 0 atom stereocenters. The van der Waals surface area contributed by atoms with Gasteiger partial charge < -0.3 is 9.47 Å². The van der Waals surface area contributed by atoms with Crippen molar-refractivity contribution >= 4 is 0 Å². The van der Waals surface area contributed by atoms with E-state index in [1.807, 2.05) is 13.8 Å². The smallest absolute Gasteiger partial charge is 0.168 e. The van der Waals surface area contributed by atoms with Gasteiger partial charge in [0, 0.05) is 25.9 Å². The van der Waals surface area contributed by atoms with Crippen molar-refractivity contribution in [2.75, 3.05) is 19.8 Å². The molecule has 2 heterocycles. The molecule has 0 aromatic heterocycles. The van der Waals surface area contributed by atoms with Crippen LogP contribution in [-0.4, -0.2) is 30.4 Å². The maximum atomic E-state index is 5.82. The summed E-state index contributed by atoms with van der Waals surface area (Å²) in [5, 5.41) is 0. The van der Waals surface area contributed by atoms with Crippen molar-refractivity contribution < 1.29 is 9.47 Å². The van der Waals surface area contributed by atoms with Gasteiger partial charge in [-0.05, 0) is 42.9 Å². The molecule has 1 aromatic rings. The minimum atomic E-state index is -0.194. The maximum Gasteiger partial charge on any atom is 0.168 e. The summed E-state index contributed by atoms with van der Waals surface area (Å²) in [5.74, 6) is 0.660. The van der Waals surface area contributed by atoms with E-state index in [1.54, 1.807) is 0 Å². The SMILES string of the molecule is CC.c1ccc2c(c1)CN(CCC1CCC3(CC1)OCCO3)C2. The average Bonchev–Trinajstić information content (AvgIpc) is 3.23. The normalized spacial score (nSPS) is 23.6. The number of fused-ring (bicyclic) bond motifs is 1. The fourth-order valence-electron chi connectivity index (χ4n) is 4.12. The van der Waals surface area contributed by atoms with Gasteiger partial charge in [0.15, 0.2) is 5.79 Å². The molecule has 2 fully saturated rings. The number of hydrogen-bond acceptors (Lipinski definition) is 3. The van der Waals surface area contributed by atoms with E-state index in [1.165, 1.54) is 36.9 Å². The Hall–Kier alpha value is -0.900. The molecule has 1 aliphatic carbocycles. The van der Waals surface area contributed by atoms with E-state index in [0.717, 1.165) is 45.1 Å². The van der Waals surface area contributed by atoms with E-state index in [-0.39, 0.29) is 5.79 Å². The van der Waals surface area contributed by atoms with E-state index in [2.05, 4.69) is 29.2 Å². The molecular formula is C20H31NO2. The second-order valence-electron chi connectivity index (χ2n) is 6.82. The molecule has 1 saturated heterocycles. The van der Waals surface area contributed by atoms with Crippen LogP contribution in [0.3, 0.4) is 0 Å². The van der Waals surface area contributed by atoms with Crippen LogP contribution in [0.5, 0.6) is 0 Å². The van der Waals surface area contributed by atoms with Crippen molar-refractivity contribution in [1.82, 2.24) is 4.90 Å². The largest absolute Gasteiger partial charge is 0.348 e. The summed E-state index contributed by atoms with van der Waals surface area (Å²) in [6, 6.07) is 8.86. The Kier molecular flexibility index (Phi) is 5.73. The number of benzene rings is 1. The van der Waals surface area contributed by atoms with Gasteiger partial charge in [0.1, 0.15) is 0 Å². The molecule has 3 aliphatic rings. The number of nitrogens with zero attached hydrogens (tertiary/aromatic N) is 1. The highest BCUT2D eigenvalue weighted by Crippen LogP contribution is 2.39. The van der Waals surface area contributed by atoms with Crippen molar-refractivity contribution in [2.45, 2.75) is 64.8 Å². The van der Waals surface area contributed by atoms with Crippen molar-refractivity contribution in [3.63, 3.8) is 0 Å². The Balaban J connectivity index is 0.000000753. The van der Waals surface area contributed by atoms with Gasteiger partial charge in [0.05, 0.1) is 13.2 Å². The summed E-state index contributed by atoms with van der Waals surface area (Å²) in [5.41, 5.74) is 3.04. The number of rotatable bonds is 3. The van der Waals surface area contributed by atoms with E-state index < -0.39 is 0 Å². The zero-order chi connectivity index (χ0) is 16.1. The third-order valence-electron chi connectivity index (χ3n) is 5.44. The molecule has 0 bridgehead atoms. The first-order valence-electron chi connectivity index (χ1n) is 9.40. The minimum absolute atomic E-state index is 0.194. The molecule has 23 heavy (non-hydrogen) atoms. The summed E-state index contributed by atoms with van der Waals surface area (Å²) in [7, 11) is 0. The molecule has 0 unspecified atom stereocenters. The quantitative estimate of drug-likeness (QED) is 0.827. The van der Waals surface area contributed by atoms with E-state index in [4.69, 9.17) is 9.47 Å². The van der Waals surface area contributed by atoms with Gasteiger partial charge >= 0.3 is 0 Å². The fraction of sp³-hybridized carbons (Fsp3) is 0.700. The molecule has 0 radical (unpaired) electrons. The Morgan fingerprint density at radius 1 is 1.00 bits per heavy atom. The standard InChI is InChI=1S/C18H25NO2.C2H6/c1-2-4-17-14-19(13-16(17)3-1)10-7-15-5-8-18(9-6-15)20-11-12-21-18;1-2/h1-4,15H,5-14H2;1-2H3. The van der Waals surface area contributed by atoms with Crippen LogP contribution in [0.15, 0.2) is 24.3 Å². The second kappa shape index (κ2) is 7.78. The van der Waals surface area contributed by atoms with Gasteiger partial charge in [-0.25, -0.2) is 0 Å². The molecule has 128 valence electrons. The molecule has 2 aliphatic heterocycles. The van der Waals surface area contributed by atoms with Gasteiger partial charge in [-0.1, -0.05) is 38.1 Å². The minimum Gasteiger partial charge on any atom is -0.348 e. The highest BCUT2D eigenvalue weighted by molar-refractivity contribution is 5.30. The lowest BCUT2D eigenvalue weighted by Gasteiger charge is -2.35. The van der Waals surface area contributed by atoms with Gasteiger partial charge in [0.2, 0.25) is 0 Å². The monoisotopic (exact) mass is 317 g/mol. The molecule has 3 heteroatoms.